The second kappa shape index (κ2) is 11.4. The Bertz CT molecular complexity index is 1380. The van der Waals surface area contributed by atoms with Crippen LogP contribution < -0.4 is 19.7 Å². The van der Waals surface area contributed by atoms with Crippen molar-refractivity contribution in [3.05, 3.63) is 93.0 Å². The van der Waals surface area contributed by atoms with Gasteiger partial charge in [0.15, 0.2) is 11.5 Å². The quantitative estimate of drug-likeness (QED) is 0.270. The number of rotatable bonds is 8. The lowest BCUT2D eigenvalue weighted by Gasteiger charge is -2.26. The average molecular weight is 563 g/mol. The predicted octanol–water partition coefficient (Wildman–Crippen LogP) is 5.96. The molecule has 1 aliphatic rings. The zero-order valence-corrected chi connectivity index (χ0v) is 22.4. The SMILES string of the molecule is CCOc1cc(/C=C2/C(=O)NC(=O)N(c3ccc(CC)cc3)C2=O)cc(Br)c1OCc1cccc(C)c1. The summed E-state index contributed by atoms with van der Waals surface area (Å²) in [6, 6.07) is 17.7. The van der Waals surface area contributed by atoms with Crippen LogP contribution >= 0.6 is 15.9 Å². The van der Waals surface area contributed by atoms with Gasteiger partial charge in [-0.25, -0.2) is 9.69 Å². The van der Waals surface area contributed by atoms with Gasteiger partial charge >= 0.3 is 6.03 Å². The third-order valence-corrected chi connectivity index (χ3v) is 6.40. The van der Waals surface area contributed by atoms with E-state index in [0.717, 1.165) is 28.0 Å². The molecule has 3 aromatic rings. The second-order valence-electron chi connectivity index (χ2n) is 8.52. The van der Waals surface area contributed by atoms with Gasteiger partial charge < -0.3 is 9.47 Å². The Kier molecular flexibility index (Phi) is 8.08. The molecule has 7 nitrogen and oxygen atoms in total. The van der Waals surface area contributed by atoms with Crippen LogP contribution in [-0.2, 0) is 22.6 Å². The number of aryl methyl sites for hydroxylation is 2. The number of nitrogens with zero attached hydrogens (tertiary/aromatic N) is 1. The molecule has 0 radical (unpaired) electrons. The monoisotopic (exact) mass is 562 g/mol. The number of halogens is 1. The number of barbiturate groups is 1. The minimum atomic E-state index is -0.785. The summed E-state index contributed by atoms with van der Waals surface area (Å²) in [6.07, 6.45) is 2.26. The molecule has 4 amide bonds. The fourth-order valence-corrected chi connectivity index (χ4v) is 4.55. The molecular formula is C29H27BrN2O5. The van der Waals surface area contributed by atoms with Crippen molar-refractivity contribution in [2.24, 2.45) is 0 Å². The lowest BCUT2D eigenvalue weighted by Crippen LogP contribution is -2.54. The predicted molar refractivity (Wildman–Crippen MR) is 146 cm³/mol. The van der Waals surface area contributed by atoms with Gasteiger partial charge in [-0.1, -0.05) is 48.9 Å². The standard InChI is InChI=1S/C29H27BrN2O5/c1-4-19-9-11-22(12-10-19)32-28(34)23(27(33)31-29(32)35)14-21-15-24(30)26(25(16-21)36-5-2)37-17-20-8-6-7-18(3)13-20/h6-16H,4-5,17H2,1-3H3,(H,31,33,35)/b23-14-. The van der Waals surface area contributed by atoms with E-state index in [1.54, 1.807) is 24.3 Å². The summed E-state index contributed by atoms with van der Waals surface area (Å²) in [4.78, 5) is 39.4. The van der Waals surface area contributed by atoms with E-state index in [2.05, 4.69) is 21.2 Å². The van der Waals surface area contributed by atoms with Gasteiger partial charge in [0, 0.05) is 0 Å². The number of hydrogen-bond acceptors (Lipinski definition) is 5. The summed E-state index contributed by atoms with van der Waals surface area (Å²) in [7, 11) is 0. The Hall–Kier alpha value is -3.91. The fourth-order valence-electron chi connectivity index (χ4n) is 3.97. The van der Waals surface area contributed by atoms with Gasteiger partial charge in [0.1, 0.15) is 12.2 Å². The summed E-state index contributed by atoms with van der Waals surface area (Å²) in [5, 5.41) is 2.26. The van der Waals surface area contributed by atoms with Crippen molar-refractivity contribution in [2.75, 3.05) is 11.5 Å². The van der Waals surface area contributed by atoms with Gasteiger partial charge in [0.05, 0.1) is 16.8 Å². The average Bonchev–Trinajstić information content (AvgIpc) is 2.86. The molecule has 1 saturated heterocycles. The van der Waals surface area contributed by atoms with Gasteiger partial charge in [0.2, 0.25) is 0 Å². The maximum absolute atomic E-state index is 13.3. The number of amides is 4. The summed E-state index contributed by atoms with van der Waals surface area (Å²) >= 11 is 3.54. The third kappa shape index (κ3) is 5.91. The van der Waals surface area contributed by atoms with Gasteiger partial charge in [-0.15, -0.1) is 0 Å². The van der Waals surface area contributed by atoms with Crippen LogP contribution in [0, 0.1) is 6.92 Å². The number of imide groups is 2. The molecule has 0 aliphatic carbocycles. The molecule has 0 aromatic heterocycles. The number of carbonyl (C=O) groups is 3. The maximum Gasteiger partial charge on any atom is 0.335 e. The van der Waals surface area contributed by atoms with Crippen molar-refractivity contribution in [3.8, 4) is 11.5 Å². The smallest absolute Gasteiger partial charge is 0.335 e. The van der Waals surface area contributed by atoms with Crippen molar-refractivity contribution < 1.29 is 23.9 Å². The number of nitrogens with one attached hydrogen (secondary N) is 1. The van der Waals surface area contributed by atoms with Gasteiger partial charge in [-0.3, -0.25) is 14.9 Å². The normalized spacial score (nSPS) is 14.6. The summed E-state index contributed by atoms with van der Waals surface area (Å²) in [5.74, 6) is -0.488. The zero-order valence-electron chi connectivity index (χ0n) is 20.8. The third-order valence-electron chi connectivity index (χ3n) is 5.81. The van der Waals surface area contributed by atoms with Crippen molar-refractivity contribution in [1.29, 1.82) is 0 Å². The van der Waals surface area contributed by atoms with Crippen LogP contribution in [0.1, 0.15) is 36.1 Å². The van der Waals surface area contributed by atoms with E-state index in [1.165, 1.54) is 6.08 Å². The molecule has 1 aliphatic heterocycles. The molecule has 37 heavy (non-hydrogen) atoms. The Morgan fingerprint density at radius 3 is 2.38 bits per heavy atom. The largest absolute Gasteiger partial charge is 0.490 e. The van der Waals surface area contributed by atoms with Crippen LogP contribution in [0.3, 0.4) is 0 Å². The van der Waals surface area contributed by atoms with Crippen LogP contribution in [0.15, 0.2) is 70.7 Å². The Morgan fingerprint density at radius 2 is 1.70 bits per heavy atom. The minimum Gasteiger partial charge on any atom is -0.490 e. The minimum absolute atomic E-state index is 0.165. The fraction of sp³-hybridized carbons (Fsp3) is 0.207. The lowest BCUT2D eigenvalue weighted by molar-refractivity contribution is -0.122. The van der Waals surface area contributed by atoms with E-state index in [4.69, 9.17) is 9.47 Å². The highest BCUT2D eigenvalue weighted by Gasteiger charge is 2.36. The molecule has 1 fully saturated rings. The van der Waals surface area contributed by atoms with Crippen LogP contribution in [0.25, 0.3) is 6.08 Å². The highest BCUT2D eigenvalue weighted by Crippen LogP contribution is 2.38. The van der Waals surface area contributed by atoms with Crippen LogP contribution in [-0.4, -0.2) is 24.5 Å². The van der Waals surface area contributed by atoms with E-state index < -0.39 is 17.8 Å². The number of ether oxygens (including phenoxy) is 2. The number of urea groups is 1. The van der Waals surface area contributed by atoms with Gasteiger partial charge in [-0.05, 0) is 83.2 Å². The van der Waals surface area contributed by atoms with Crippen molar-refractivity contribution in [3.63, 3.8) is 0 Å². The van der Waals surface area contributed by atoms with Crippen LogP contribution in [0.2, 0.25) is 0 Å². The van der Waals surface area contributed by atoms with Crippen molar-refractivity contribution in [2.45, 2.75) is 33.8 Å². The van der Waals surface area contributed by atoms with Crippen LogP contribution in [0.4, 0.5) is 10.5 Å². The molecule has 1 N–H and O–H groups in total. The summed E-state index contributed by atoms with van der Waals surface area (Å²) in [5.41, 5.74) is 3.97. The molecule has 3 aromatic carbocycles. The summed E-state index contributed by atoms with van der Waals surface area (Å²) in [6.45, 7) is 6.62. The van der Waals surface area contributed by atoms with Crippen LogP contribution in [0.5, 0.6) is 11.5 Å². The molecular weight excluding hydrogens is 536 g/mol. The maximum atomic E-state index is 13.3. The molecule has 0 atom stereocenters. The highest BCUT2D eigenvalue weighted by molar-refractivity contribution is 9.10. The first kappa shape index (κ1) is 26.2. The zero-order chi connectivity index (χ0) is 26.5. The van der Waals surface area contributed by atoms with Crippen molar-refractivity contribution in [1.82, 2.24) is 5.32 Å². The van der Waals surface area contributed by atoms with Crippen molar-refractivity contribution >= 4 is 45.5 Å². The Labute approximate surface area is 224 Å². The number of anilines is 1. The van der Waals surface area contributed by atoms with E-state index in [0.29, 0.717) is 40.4 Å². The van der Waals surface area contributed by atoms with E-state index in [1.807, 2.05) is 57.2 Å². The lowest BCUT2D eigenvalue weighted by atomic mass is 10.1. The molecule has 0 bridgehead atoms. The number of benzene rings is 3. The molecule has 4 rings (SSSR count). The molecule has 8 heteroatoms. The van der Waals surface area contributed by atoms with Gasteiger partial charge in [-0.2, -0.15) is 0 Å². The number of carbonyl (C=O) groups excluding carboxylic acids is 3. The Morgan fingerprint density at radius 1 is 0.946 bits per heavy atom. The Balaban J connectivity index is 1.65. The topological polar surface area (TPSA) is 84.9 Å². The molecule has 0 saturated carbocycles. The molecule has 1 heterocycles. The second-order valence-corrected chi connectivity index (χ2v) is 9.37. The van der Waals surface area contributed by atoms with E-state index in [9.17, 15) is 14.4 Å². The molecule has 0 spiro atoms. The van der Waals surface area contributed by atoms with E-state index >= 15 is 0 Å². The number of hydrogen-bond donors (Lipinski definition) is 1. The summed E-state index contributed by atoms with van der Waals surface area (Å²) < 4.78 is 12.5. The molecule has 0 unspecified atom stereocenters. The first-order valence-electron chi connectivity index (χ1n) is 12.0. The highest BCUT2D eigenvalue weighted by atomic mass is 79.9. The van der Waals surface area contributed by atoms with Gasteiger partial charge in [0.25, 0.3) is 11.8 Å². The van der Waals surface area contributed by atoms with E-state index in [-0.39, 0.29) is 5.57 Å². The first-order chi connectivity index (χ1) is 17.8. The first-order valence-corrected chi connectivity index (χ1v) is 12.7. The molecule has 190 valence electrons.